The number of para-hydroxylation sites is 2. The summed E-state index contributed by atoms with van der Waals surface area (Å²) in [5.41, 5.74) is 6.68. The number of hydrogen-bond donors (Lipinski definition) is 0. The lowest BCUT2D eigenvalue weighted by Crippen LogP contribution is -2.12. The van der Waals surface area contributed by atoms with Crippen LogP contribution in [0.3, 0.4) is 0 Å². The van der Waals surface area contributed by atoms with Crippen molar-refractivity contribution in [2.24, 2.45) is 10.2 Å². The van der Waals surface area contributed by atoms with E-state index in [2.05, 4.69) is 47.6 Å². The fourth-order valence-electron chi connectivity index (χ4n) is 4.59. The highest BCUT2D eigenvalue weighted by Gasteiger charge is 2.19. The van der Waals surface area contributed by atoms with Gasteiger partial charge in [-0.15, -0.1) is 0 Å². The number of furan rings is 1. The molecule has 2 aliphatic heterocycles. The molecule has 0 aliphatic carbocycles. The summed E-state index contributed by atoms with van der Waals surface area (Å²) < 4.78 is 11.6. The predicted molar refractivity (Wildman–Crippen MR) is 133 cm³/mol. The number of benzene rings is 3. The van der Waals surface area contributed by atoms with Crippen LogP contribution < -0.4 is 14.8 Å². The van der Waals surface area contributed by atoms with Crippen LogP contribution in [-0.4, -0.2) is 32.6 Å². The van der Waals surface area contributed by atoms with Gasteiger partial charge < -0.3 is 9.15 Å². The van der Waals surface area contributed by atoms with Crippen LogP contribution in [0.15, 0.2) is 81.4 Å². The van der Waals surface area contributed by atoms with Crippen molar-refractivity contribution in [3.8, 4) is 5.75 Å². The van der Waals surface area contributed by atoms with Crippen LogP contribution in [0.25, 0.3) is 11.0 Å². The zero-order valence-electron chi connectivity index (χ0n) is 18.4. The summed E-state index contributed by atoms with van der Waals surface area (Å²) in [6, 6.07) is 22.7. The first kappa shape index (κ1) is 19.6. The minimum Gasteiger partial charge on any atom is -0.497 e. The van der Waals surface area contributed by atoms with Crippen molar-refractivity contribution < 1.29 is 9.15 Å². The van der Waals surface area contributed by atoms with Gasteiger partial charge in [0.25, 0.3) is 0 Å². The molecule has 6 heteroatoms. The van der Waals surface area contributed by atoms with E-state index in [9.17, 15) is 0 Å². The molecule has 33 heavy (non-hydrogen) atoms. The quantitative estimate of drug-likeness (QED) is 0.402. The lowest BCUT2D eigenvalue weighted by molar-refractivity contribution is 0.414. The average molecular weight is 437 g/mol. The predicted octanol–water partition coefficient (Wildman–Crippen LogP) is 5.23. The number of nitrogens with zero attached hydrogens (tertiary/aromatic N) is 4. The summed E-state index contributed by atoms with van der Waals surface area (Å²) in [6.07, 6.45) is 5.68. The minimum atomic E-state index is 0.698. The van der Waals surface area contributed by atoms with Gasteiger partial charge in [-0.3, -0.25) is 10.0 Å². The third-order valence-electron chi connectivity index (χ3n) is 6.28. The second kappa shape index (κ2) is 8.13. The van der Waals surface area contributed by atoms with E-state index in [4.69, 9.17) is 14.3 Å². The third-order valence-corrected chi connectivity index (χ3v) is 6.28. The maximum Gasteiger partial charge on any atom is 0.148 e. The Hall–Kier alpha value is -4.06. The standard InChI is InChI=1S/C27H24N4O2/c1-32-22-14-21(17-28-30-12-10-19-6-2-4-8-25(19)30)24-15-23(33-27(24)16-22)18-29-31-13-11-20-7-3-5-9-26(20)31/h2-9,14-18H,10-13H2,1H3. The van der Waals surface area contributed by atoms with Gasteiger partial charge in [-0.1, -0.05) is 36.4 Å². The number of hydrogen-bond acceptors (Lipinski definition) is 6. The van der Waals surface area contributed by atoms with E-state index < -0.39 is 0 Å². The minimum absolute atomic E-state index is 0.698. The van der Waals surface area contributed by atoms with Gasteiger partial charge in [0, 0.05) is 30.1 Å². The molecule has 0 radical (unpaired) electrons. The lowest BCUT2D eigenvalue weighted by Gasteiger charge is -2.12. The van der Waals surface area contributed by atoms with Gasteiger partial charge in [0.15, 0.2) is 0 Å². The Kier molecular flexibility index (Phi) is 4.83. The SMILES string of the molecule is COc1cc(C=NN2CCc3ccccc32)c2cc(C=NN3CCc4ccccc43)oc2c1. The maximum atomic E-state index is 6.10. The van der Waals surface area contributed by atoms with E-state index in [0.717, 1.165) is 53.9 Å². The molecule has 4 aromatic rings. The summed E-state index contributed by atoms with van der Waals surface area (Å²) in [5, 5.41) is 14.5. The largest absolute Gasteiger partial charge is 0.497 e. The number of methoxy groups -OCH3 is 1. The molecule has 0 bridgehead atoms. The molecule has 3 heterocycles. The third kappa shape index (κ3) is 3.63. The molecule has 0 saturated carbocycles. The molecule has 0 atom stereocenters. The molecule has 3 aromatic carbocycles. The molecule has 2 aliphatic rings. The Morgan fingerprint density at radius 2 is 1.45 bits per heavy atom. The van der Waals surface area contributed by atoms with Crippen molar-refractivity contribution in [1.82, 2.24) is 0 Å². The Bertz CT molecular complexity index is 1390. The van der Waals surface area contributed by atoms with Crippen LogP contribution in [0.5, 0.6) is 5.75 Å². The molecule has 6 nitrogen and oxygen atoms in total. The van der Waals surface area contributed by atoms with Crippen molar-refractivity contribution in [2.75, 3.05) is 30.2 Å². The fraction of sp³-hybridized carbons (Fsp3) is 0.185. The summed E-state index contributed by atoms with van der Waals surface area (Å²) in [6.45, 7) is 1.75. The molecule has 0 N–H and O–H groups in total. The van der Waals surface area contributed by atoms with E-state index >= 15 is 0 Å². The van der Waals surface area contributed by atoms with Crippen LogP contribution >= 0.6 is 0 Å². The van der Waals surface area contributed by atoms with Gasteiger partial charge in [0.05, 0.1) is 30.9 Å². The number of rotatable bonds is 5. The van der Waals surface area contributed by atoms with Crippen molar-refractivity contribution in [3.63, 3.8) is 0 Å². The smallest absolute Gasteiger partial charge is 0.148 e. The molecule has 164 valence electrons. The summed E-state index contributed by atoms with van der Waals surface area (Å²) in [7, 11) is 1.66. The first-order valence-corrected chi connectivity index (χ1v) is 11.2. The van der Waals surface area contributed by atoms with Gasteiger partial charge >= 0.3 is 0 Å². The fourth-order valence-corrected chi connectivity index (χ4v) is 4.59. The molecule has 0 saturated heterocycles. The Morgan fingerprint density at radius 3 is 2.12 bits per heavy atom. The zero-order chi connectivity index (χ0) is 22.2. The van der Waals surface area contributed by atoms with E-state index in [1.165, 1.54) is 16.8 Å². The van der Waals surface area contributed by atoms with Crippen LogP contribution in [0.4, 0.5) is 11.4 Å². The molecule has 0 fully saturated rings. The number of fused-ring (bicyclic) bond motifs is 3. The second-order valence-electron chi connectivity index (χ2n) is 8.27. The molecular formula is C27H24N4O2. The number of anilines is 2. The van der Waals surface area contributed by atoms with Crippen LogP contribution in [0.2, 0.25) is 0 Å². The monoisotopic (exact) mass is 436 g/mol. The topological polar surface area (TPSA) is 53.6 Å². The summed E-state index contributed by atoms with van der Waals surface area (Å²) in [4.78, 5) is 0. The van der Waals surface area contributed by atoms with Crippen molar-refractivity contribution in [3.05, 3.63) is 89.2 Å². The van der Waals surface area contributed by atoms with Crippen LogP contribution in [-0.2, 0) is 12.8 Å². The molecule has 1 aromatic heterocycles. The molecule has 0 amide bonds. The Balaban J connectivity index is 1.31. The first-order chi connectivity index (χ1) is 16.3. The van der Waals surface area contributed by atoms with Gasteiger partial charge in [-0.2, -0.15) is 10.2 Å². The normalized spacial score (nSPS) is 15.2. The number of ether oxygens (including phenoxy) is 1. The van der Waals surface area contributed by atoms with E-state index in [1.807, 2.05) is 40.5 Å². The number of hydrazone groups is 2. The van der Waals surface area contributed by atoms with E-state index in [0.29, 0.717) is 5.76 Å². The van der Waals surface area contributed by atoms with Crippen molar-refractivity contribution >= 4 is 34.8 Å². The molecule has 0 unspecified atom stereocenters. The van der Waals surface area contributed by atoms with E-state index in [1.54, 1.807) is 13.3 Å². The van der Waals surface area contributed by atoms with Crippen molar-refractivity contribution in [2.45, 2.75) is 12.8 Å². The van der Waals surface area contributed by atoms with Crippen molar-refractivity contribution in [1.29, 1.82) is 0 Å². The molecular weight excluding hydrogens is 412 g/mol. The maximum absolute atomic E-state index is 6.10. The average Bonchev–Trinajstić information content (AvgIpc) is 3.57. The summed E-state index contributed by atoms with van der Waals surface area (Å²) >= 11 is 0. The summed E-state index contributed by atoms with van der Waals surface area (Å²) in [5.74, 6) is 1.43. The Labute approximate surface area is 192 Å². The highest BCUT2D eigenvalue weighted by atomic mass is 16.5. The van der Waals surface area contributed by atoms with Gasteiger partial charge in [0.2, 0.25) is 0 Å². The zero-order valence-corrected chi connectivity index (χ0v) is 18.4. The van der Waals surface area contributed by atoms with Crippen LogP contribution in [0, 0.1) is 0 Å². The molecule has 0 spiro atoms. The van der Waals surface area contributed by atoms with E-state index in [-0.39, 0.29) is 0 Å². The van der Waals surface area contributed by atoms with Gasteiger partial charge in [0.1, 0.15) is 17.1 Å². The first-order valence-electron chi connectivity index (χ1n) is 11.2. The highest BCUT2D eigenvalue weighted by molar-refractivity contribution is 6.01. The highest BCUT2D eigenvalue weighted by Crippen LogP contribution is 2.31. The second-order valence-corrected chi connectivity index (χ2v) is 8.27. The van der Waals surface area contributed by atoms with Gasteiger partial charge in [-0.05, 0) is 48.2 Å². The van der Waals surface area contributed by atoms with Gasteiger partial charge in [-0.25, -0.2) is 0 Å². The lowest BCUT2D eigenvalue weighted by atomic mass is 10.1. The Morgan fingerprint density at radius 1 is 0.818 bits per heavy atom. The van der Waals surface area contributed by atoms with Crippen LogP contribution in [0.1, 0.15) is 22.5 Å². The molecule has 6 rings (SSSR count).